The first-order chi connectivity index (χ1) is 8.56. The smallest absolute Gasteiger partial charge is 0.275 e. The average Bonchev–Trinajstić information content (AvgIpc) is 2.34. The number of anilines is 2. The van der Waals surface area contributed by atoms with Gasteiger partial charge < -0.3 is 11.1 Å². The highest BCUT2D eigenvalue weighted by atomic mass is 79.9. The van der Waals surface area contributed by atoms with E-state index in [-0.39, 0.29) is 5.91 Å². The summed E-state index contributed by atoms with van der Waals surface area (Å²) in [7, 11) is 0. The second-order valence-electron chi connectivity index (χ2n) is 3.69. The Morgan fingerprint density at radius 3 is 2.72 bits per heavy atom. The molecule has 0 aliphatic rings. The molecule has 0 bridgehead atoms. The minimum absolute atomic E-state index is 0.298. The second kappa shape index (κ2) is 5.14. The number of nitrogens with zero attached hydrogens (tertiary/aromatic N) is 2. The van der Waals surface area contributed by atoms with Crippen LogP contribution >= 0.6 is 15.9 Å². The van der Waals surface area contributed by atoms with E-state index < -0.39 is 0 Å². The lowest BCUT2D eigenvalue weighted by Gasteiger charge is -2.05. The van der Waals surface area contributed by atoms with Gasteiger partial charge in [-0.05, 0) is 47.1 Å². The van der Waals surface area contributed by atoms with E-state index in [1.807, 2.05) is 13.0 Å². The van der Waals surface area contributed by atoms with Crippen molar-refractivity contribution in [2.24, 2.45) is 0 Å². The number of carbonyl (C=O) groups is 1. The summed E-state index contributed by atoms with van der Waals surface area (Å²) in [5, 5.41) is 2.67. The number of rotatable bonds is 2. The topological polar surface area (TPSA) is 80.9 Å². The first-order valence-corrected chi connectivity index (χ1v) is 6.01. The van der Waals surface area contributed by atoms with Crippen LogP contribution in [0.3, 0.4) is 0 Å². The molecular weight excluding hydrogens is 296 g/mol. The third-order valence-electron chi connectivity index (χ3n) is 2.28. The number of halogens is 1. The molecule has 0 aliphatic carbocycles. The average molecular weight is 307 g/mol. The van der Waals surface area contributed by atoms with Gasteiger partial charge in [0.15, 0.2) is 0 Å². The molecule has 0 aromatic carbocycles. The van der Waals surface area contributed by atoms with Crippen LogP contribution in [0, 0.1) is 6.92 Å². The van der Waals surface area contributed by atoms with Gasteiger partial charge in [-0.2, -0.15) is 0 Å². The Morgan fingerprint density at radius 2 is 2.11 bits per heavy atom. The molecule has 0 atom stereocenters. The molecule has 2 aromatic rings. The fourth-order valence-electron chi connectivity index (χ4n) is 1.33. The highest BCUT2D eigenvalue weighted by Gasteiger charge is 2.08. The number of nitrogens with one attached hydrogen (secondary N) is 1. The highest BCUT2D eigenvalue weighted by Crippen LogP contribution is 2.16. The maximum Gasteiger partial charge on any atom is 0.275 e. The molecule has 0 saturated carbocycles. The predicted octanol–water partition coefficient (Wildman–Crippen LogP) is 2.38. The monoisotopic (exact) mass is 306 g/mol. The number of aryl methyl sites for hydroxylation is 1. The summed E-state index contributed by atoms with van der Waals surface area (Å²) in [6.45, 7) is 1.85. The van der Waals surface area contributed by atoms with Crippen molar-refractivity contribution in [3.63, 3.8) is 0 Å². The zero-order valence-corrected chi connectivity index (χ0v) is 11.2. The lowest BCUT2D eigenvalue weighted by molar-refractivity contribution is 0.102. The molecule has 6 heteroatoms. The highest BCUT2D eigenvalue weighted by molar-refractivity contribution is 9.10. The van der Waals surface area contributed by atoms with Crippen molar-refractivity contribution < 1.29 is 4.79 Å². The van der Waals surface area contributed by atoms with Crippen molar-refractivity contribution in [3.05, 3.63) is 46.3 Å². The number of carbonyl (C=O) groups excluding carboxylic acids is 1. The van der Waals surface area contributed by atoms with Gasteiger partial charge in [0.25, 0.3) is 5.91 Å². The molecule has 1 amide bonds. The molecule has 3 N–H and O–H groups in total. The van der Waals surface area contributed by atoms with Crippen LogP contribution in [0.5, 0.6) is 0 Å². The van der Waals surface area contributed by atoms with Crippen molar-refractivity contribution in [2.45, 2.75) is 6.92 Å². The van der Waals surface area contributed by atoms with Crippen LogP contribution in [0.4, 0.5) is 11.5 Å². The summed E-state index contributed by atoms with van der Waals surface area (Å²) in [5.41, 5.74) is 7.12. The summed E-state index contributed by atoms with van der Waals surface area (Å²) in [6.07, 6.45) is 1.44. The second-order valence-corrected chi connectivity index (χ2v) is 4.55. The van der Waals surface area contributed by atoms with Crippen LogP contribution in [-0.2, 0) is 0 Å². The van der Waals surface area contributed by atoms with Gasteiger partial charge in [-0.15, -0.1) is 0 Å². The summed E-state index contributed by atoms with van der Waals surface area (Å²) in [5.74, 6) is 0.170. The molecule has 0 fully saturated rings. The van der Waals surface area contributed by atoms with Crippen molar-refractivity contribution in [1.29, 1.82) is 0 Å². The van der Waals surface area contributed by atoms with Gasteiger partial charge in [0.1, 0.15) is 11.5 Å². The Hall–Kier alpha value is -1.95. The minimum atomic E-state index is -0.316. The lowest BCUT2D eigenvalue weighted by atomic mass is 10.3. The van der Waals surface area contributed by atoms with Crippen LogP contribution in [0.1, 0.15) is 16.2 Å². The summed E-state index contributed by atoms with van der Waals surface area (Å²) >= 11 is 3.35. The van der Waals surface area contributed by atoms with Crippen molar-refractivity contribution in [2.75, 3.05) is 11.1 Å². The fraction of sp³-hybridized carbons (Fsp3) is 0.0833. The Bertz CT molecular complexity index is 583. The number of aromatic nitrogens is 2. The van der Waals surface area contributed by atoms with Crippen molar-refractivity contribution >= 4 is 33.3 Å². The summed E-state index contributed by atoms with van der Waals surface area (Å²) < 4.78 is 0.895. The maximum absolute atomic E-state index is 11.9. The first kappa shape index (κ1) is 12.5. The Labute approximate surface area is 113 Å². The standard InChI is InChI=1S/C12H11BrN4O/c1-7-9(13)3-5-11(16-7)17-12(18)10-4-2-8(14)6-15-10/h2-6H,14H2,1H3,(H,16,17,18). The SMILES string of the molecule is Cc1nc(NC(=O)c2ccc(N)cn2)ccc1Br. The van der Waals surface area contributed by atoms with Crippen LogP contribution in [0.25, 0.3) is 0 Å². The number of nitrogen functional groups attached to an aromatic ring is 1. The van der Waals surface area contributed by atoms with Crippen LogP contribution < -0.4 is 11.1 Å². The van der Waals surface area contributed by atoms with Crippen molar-refractivity contribution in [3.8, 4) is 0 Å². The van der Waals surface area contributed by atoms with Gasteiger partial charge in [-0.1, -0.05) is 0 Å². The lowest BCUT2D eigenvalue weighted by Crippen LogP contribution is -2.14. The van der Waals surface area contributed by atoms with Crippen LogP contribution in [0.15, 0.2) is 34.9 Å². The van der Waals surface area contributed by atoms with E-state index in [0.29, 0.717) is 17.2 Å². The van der Waals surface area contributed by atoms with Gasteiger partial charge in [0, 0.05) is 4.47 Å². The molecule has 0 saturated heterocycles. The predicted molar refractivity (Wildman–Crippen MR) is 73.3 cm³/mol. The largest absolute Gasteiger partial charge is 0.397 e. The quantitative estimate of drug-likeness (QED) is 0.892. The molecule has 2 aromatic heterocycles. The van der Waals surface area contributed by atoms with Gasteiger partial charge >= 0.3 is 0 Å². The first-order valence-electron chi connectivity index (χ1n) is 5.22. The Kier molecular flexibility index (Phi) is 3.57. The van der Waals surface area contributed by atoms with Crippen LogP contribution in [0.2, 0.25) is 0 Å². The van der Waals surface area contributed by atoms with E-state index >= 15 is 0 Å². The van der Waals surface area contributed by atoms with Gasteiger partial charge in [0.05, 0.1) is 17.6 Å². The van der Waals surface area contributed by atoms with E-state index in [0.717, 1.165) is 10.2 Å². The summed E-state index contributed by atoms with van der Waals surface area (Å²) in [6, 6.07) is 6.74. The van der Waals surface area contributed by atoms with Crippen molar-refractivity contribution in [1.82, 2.24) is 9.97 Å². The summed E-state index contributed by atoms with van der Waals surface area (Å²) in [4.78, 5) is 20.0. The van der Waals surface area contributed by atoms with E-state index in [9.17, 15) is 4.79 Å². The molecule has 0 aliphatic heterocycles. The van der Waals surface area contributed by atoms with Gasteiger partial charge in [-0.3, -0.25) is 4.79 Å². The maximum atomic E-state index is 11.9. The van der Waals surface area contributed by atoms with Crippen LogP contribution in [-0.4, -0.2) is 15.9 Å². The third kappa shape index (κ3) is 2.84. The van der Waals surface area contributed by atoms with E-state index in [1.54, 1.807) is 18.2 Å². The number of pyridine rings is 2. The van der Waals surface area contributed by atoms with E-state index in [1.165, 1.54) is 6.20 Å². The number of amides is 1. The Balaban J connectivity index is 2.16. The van der Waals surface area contributed by atoms with Gasteiger partial charge in [-0.25, -0.2) is 9.97 Å². The normalized spacial score (nSPS) is 10.1. The molecule has 92 valence electrons. The Morgan fingerprint density at radius 1 is 1.33 bits per heavy atom. The number of hydrogen-bond donors (Lipinski definition) is 2. The molecular formula is C12H11BrN4O. The fourth-order valence-corrected chi connectivity index (χ4v) is 1.55. The number of nitrogens with two attached hydrogens (primary N) is 1. The third-order valence-corrected chi connectivity index (χ3v) is 3.12. The molecule has 2 heterocycles. The molecule has 5 nitrogen and oxygen atoms in total. The van der Waals surface area contributed by atoms with Gasteiger partial charge in [0.2, 0.25) is 0 Å². The zero-order valence-electron chi connectivity index (χ0n) is 9.64. The molecule has 0 spiro atoms. The molecule has 0 radical (unpaired) electrons. The zero-order chi connectivity index (χ0) is 13.1. The molecule has 18 heavy (non-hydrogen) atoms. The number of hydrogen-bond acceptors (Lipinski definition) is 4. The minimum Gasteiger partial charge on any atom is -0.397 e. The van der Waals surface area contributed by atoms with E-state index in [2.05, 4.69) is 31.2 Å². The molecule has 2 rings (SSSR count). The van der Waals surface area contributed by atoms with E-state index in [4.69, 9.17) is 5.73 Å². The molecule has 0 unspecified atom stereocenters.